The van der Waals surface area contributed by atoms with Gasteiger partial charge in [0.1, 0.15) is 5.82 Å². The van der Waals surface area contributed by atoms with Crippen molar-refractivity contribution in [3.05, 3.63) is 54.2 Å². The number of hydrogen-bond acceptors (Lipinski definition) is 5. The summed E-state index contributed by atoms with van der Waals surface area (Å²) in [5.41, 5.74) is 4.96. The highest BCUT2D eigenvalue weighted by Gasteiger charge is 2.17. The molecule has 1 fully saturated rings. The molecule has 0 aliphatic carbocycles. The number of para-hydroxylation sites is 1. The lowest BCUT2D eigenvalue weighted by molar-refractivity contribution is 0.247. The molecular weight excluding hydrogens is 262 g/mol. The third-order valence-corrected chi connectivity index (χ3v) is 3.83. The molecule has 1 saturated heterocycles. The van der Waals surface area contributed by atoms with Crippen molar-refractivity contribution in [2.45, 2.75) is 6.54 Å². The molecule has 5 nitrogen and oxygen atoms in total. The maximum atomic E-state index is 5.40. The van der Waals surface area contributed by atoms with Gasteiger partial charge >= 0.3 is 0 Å². The van der Waals surface area contributed by atoms with Crippen LogP contribution in [0.3, 0.4) is 0 Å². The summed E-state index contributed by atoms with van der Waals surface area (Å²) in [5, 5.41) is 0. The second-order valence-electron chi connectivity index (χ2n) is 5.26. The van der Waals surface area contributed by atoms with E-state index in [2.05, 4.69) is 50.5 Å². The minimum Gasteiger partial charge on any atom is -0.369 e. The van der Waals surface area contributed by atoms with Gasteiger partial charge in [0.2, 0.25) is 0 Å². The molecule has 0 amide bonds. The first kappa shape index (κ1) is 13.9. The molecule has 0 radical (unpaired) electrons. The van der Waals surface area contributed by atoms with Gasteiger partial charge in [-0.1, -0.05) is 24.3 Å². The number of nitrogen functional groups attached to an aromatic ring is 1. The number of piperazine rings is 1. The Morgan fingerprint density at radius 2 is 1.71 bits per heavy atom. The van der Waals surface area contributed by atoms with E-state index in [4.69, 9.17) is 5.84 Å². The summed E-state index contributed by atoms with van der Waals surface area (Å²) in [7, 11) is 0. The SMILES string of the molecule is NNc1cccc(CN2CCN(c3ccccc3)CC2)n1. The van der Waals surface area contributed by atoms with Crippen LogP contribution in [0.1, 0.15) is 5.69 Å². The summed E-state index contributed by atoms with van der Waals surface area (Å²) in [4.78, 5) is 9.34. The number of aromatic nitrogens is 1. The van der Waals surface area contributed by atoms with Crippen LogP contribution in [0, 0.1) is 0 Å². The fraction of sp³-hybridized carbons (Fsp3) is 0.312. The van der Waals surface area contributed by atoms with Gasteiger partial charge in [0, 0.05) is 38.4 Å². The molecule has 0 unspecified atom stereocenters. The van der Waals surface area contributed by atoms with Crippen LogP contribution >= 0.6 is 0 Å². The van der Waals surface area contributed by atoms with Gasteiger partial charge in [0.25, 0.3) is 0 Å². The van der Waals surface area contributed by atoms with E-state index >= 15 is 0 Å². The molecular formula is C16H21N5. The Labute approximate surface area is 125 Å². The van der Waals surface area contributed by atoms with Gasteiger partial charge in [0.05, 0.1) is 5.69 Å². The molecule has 1 aliphatic rings. The lowest BCUT2D eigenvalue weighted by atomic mass is 10.2. The first-order chi connectivity index (χ1) is 10.3. The Morgan fingerprint density at radius 1 is 0.952 bits per heavy atom. The third-order valence-electron chi connectivity index (χ3n) is 3.83. The molecule has 2 aromatic rings. The maximum Gasteiger partial charge on any atom is 0.140 e. The average molecular weight is 283 g/mol. The molecule has 21 heavy (non-hydrogen) atoms. The predicted octanol–water partition coefficient (Wildman–Crippen LogP) is 1.69. The van der Waals surface area contributed by atoms with Crippen LogP contribution in [-0.4, -0.2) is 36.1 Å². The number of anilines is 2. The Morgan fingerprint density at radius 3 is 2.43 bits per heavy atom. The lowest BCUT2D eigenvalue weighted by Crippen LogP contribution is -2.46. The molecule has 0 bridgehead atoms. The summed E-state index contributed by atoms with van der Waals surface area (Å²) in [6.07, 6.45) is 0. The van der Waals surface area contributed by atoms with Gasteiger partial charge in [-0.05, 0) is 24.3 Å². The van der Waals surface area contributed by atoms with E-state index in [1.807, 2.05) is 18.2 Å². The normalized spacial score (nSPS) is 16.0. The van der Waals surface area contributed by atoms with E-state index < -0.39 is 0 Å². The van der Waals surface area contributed by atoms with Crippen LogP contribution < -0.4 is 16.2 Å². The first-order valence-electron chi connectivity index (χ1n) is 7.30. The van der Waals surface area contributed by atoms with Crippen molar-refractivity contribution < 1.29 is 0 Å². The van der Waals surface area contributed by atoms with Crippen LogP contribution in [0.5, 0.6) is 0 Å². The molecule has 0 spiro atoms. The monoisotopic (exact) mass is 283 g/mol. The quantitative estimate of drug-likeness (QED) is 0.660. The summed E-state index contributed by atoms with van der Waals surface area (Å²) in [6, 6.07) is 16.5. The Bertz CT molecular complexity index is 564. The summed E-state index contributed by atoms with van der Waals surface area (Å²) < 4.78 is 0. The van der Waals surface area contributed by atoms with Crippen molar-refractivity contribution in [1.82, 2.24) is 9.88 Å². The number of nitrogens with zero attached hydrogens (tertiary/aromatic N) is 3. The molecule has 1 aromatic heterocycles. The average Bonchev–Trinajstić information content (AvgIpc) is 2.56. The van der Waals surface area contributed by atoms with Gasteiger partial charge in [-0.3, -0.25) is 4.90 Å². The molecule has 1 aliphatic heterocycles. The maximum absolute atomic E-state index is 5.40. The molecule has 110 valence electrons. The first-order valence-corrected chi connectivity index (χ1v) is 7.30. The highest BCUT2D eigenvalue weighted by Crippen LogP contribution is 2.16. The molecule has 3 N–H and O–H groups in total. The zero-order valence-electron chi connectivity index (χ0n) is 12.1. The second-order valence-corrected chi connectivity index (χ2v) is 5.26. The zero-order chi connectivity index (χ0) is 14.5. The van der Waals surface area contributed by atoms with Crippen LogP contribution in [0.25, 0.3) is 0 Å². The number of hydrazine groups is 1. The fourth-order valence-electron chi connectivity index (χ4n) is 2.68. The fourth-order valence-corrected chi connectivity index (χ4v) is 2.68. The standard InChI is InChI=1S/C16H21N5/c17-19-16-8-4-5-14(18-16)13-20-9-11-21(12-10-20)15-6-2-1-3-7-15/h1-8H,9-13,17H2,(H,18,19). The number of pyridine rings is 1. The predicted molar refractivity (Wildman–Crippen MR) is 86.0 cm³/mol. The van der Waals surface area contributed by atoms with Crippen LogP contribution in [0.2, 0.25) is 0 Å². The van der Waals surface area contributed by atoms with E-state index in [0.717, 1.165) is 44.2 Å². The van der Waals surface area contributed by atoms with Crippen LogP contribution in [0.15, 0.2) is 48.5 Å². The summed E-state index contributed by atoms with van der Waals surface area (Å²) in [5.74, 6) is 6.12. The highest BCUT2D eigenvalue weighted by atomic mass is 15.3. The number of benzene rings is 1. The van der Waals surface area contributed by atoms with Gasteiger partial charge < -0.3 is 10.3 Å². The molecule has 0 saturated carbocycles. The van der Waals surface area contributed by atoms with Crippen molar-refractivity contribution >= 4 is 11.5 Å². The van der Waals surface area contributed by atoms with E-state index in [-0.39, 0.29) is 0 Å². The van der Waals surface area contributed by atoms with Gasteiger partial charge in [-0.25, -0.2) is 10.8 Å². The molecule has 2 heterocycles. The summed E-state index contributed by atoms with van der Waals surface area (Å²) in [6.45, 7) is 5.09. The van der Waals surface area contributed by atoms with E-state index in [9.17, 15) is 0 Å². The molecule has 5 heteroatoms. The minimum atomic E-state index is 0.718. The smallest absolute Gasteiger partial charge is 0.140 e. The molecule has 1 aromatic carbocycles. The minimum absolute atomic E-state index is 0.718. The van der Waals surface area contributed by atoms with Crippen LogP contribution in [-0.2, 0) is 6.54 Å². The van der Waals surface area contributed by atoms with Gasteiger partial charge in [-0.2, -0.15) is 0 Å². The van der Waals surface area contributed by atoms with Crippen molar-refractivity contribution in [3.8, 4) is 0 Å². The highest BCUT2D eigenvalue weighted by molar-refractivity contribution is 5.46. The van der Waals surface area contributed by atoms with Gasteiger partial charge in [0.15, 0.2) is 0 Å². The van der Waals surface area contributed by atoms with Crippen molar-refractivity contribution in [2.75, 3.05) is 36.5 Å². The lowest BCUT2D eigenvalue weighted by Gasteiger charge is -2.36. The Hall–Kier alpha value is -2.11. The Balaban J connectivity index is 1.56. The van der Waals surface area contributed by atoms with Crippen LogP contribution in [0.4, 0.5) is 11.5 Å². The van der Waals surface area contributed by atoms with E-state index in [1.165, 1.54) is 5.69 Å². The number of nitrogens with two attached hydrogens (primary N) is 1. The summed E-state index contributed by atoms with van der Waals surface area (Å²) >= 11 is 0. The van der Waals surface area contributed by atoms with E-state index in [1.54, 1.807) is 0 Å². The van der Waals surface area contributed by atoms with Gasteiger partial charge in [-0.15, -0.1) is 0 Å². The number of nitrogens with one attached hydrogen (secondary N) is 1. The zero-order valence-corrected chi connectivity index (χ0v) is 12.1. The van der Waals surface area contributed by atoms with E-state index in [0.29, 0.717) is 0 Å². The number of hydrogen-bond donors (Lipinski definition) is 2. The van der Waals surface area contributed by atoms with Crippen molar-refractivity contribution in [1.29, 1.82) is 0 Å². The molecule has 0 atom stereocenters. The largest absolute Gasteiger partial charge is 0.369 e. The molecule has 3 rings (SSSR count). The Kier molecular flexibility index (Phi) is 4.33. The van der Waals surface area contributed by atoms with Crippen molar-refractivity contribution in [3.63, 3.8) is 0 Å². The second kappa shape index (κ2) is 6.56. The number of rotatable bonds is 4. The van der Waals surface area contributed by atoms with Crippen molar-refractivity contribution in [2.24, 2.45) is 5.84 Å². The topological polar surface area (TPSA) is 57.4 Å². The third kappa shape index (κ3) is 3.51.